The van der Waals surface area contributed by atoms with Gasteiger partial charge < -0.3 is 9.40 Å². The van der Waals surface area contributed by atoms with Gasteiger partial charge in [0.15, 0.2) is 11.6 Å². The summed E-state index contributed by atoms with van der Waals surface area (Å²) in [6, 6.07) is 7.57. The summed E-state index contributed by atoms with van der Waals surface area (Å²) in [6.45, 7) is 2.30. The molecule has 0 bridgehead atoms. The van der Waals surface area contributed by atoms with Crippen LogP contribution in [0.15, 0.2) is 52.1 Å². The highest BCUT2D eigenvalue weighted by Crippen LogP contribution is 2.20. The van der Waals surface area contributed by atoms with Crippen LogP contribution in [0.1, 0.15) is 16.8 Å². The number of hydrogen-bond donors (Lipinski definition) is 1. The zero-order valence-electron chi connectivity index (χ0n) is 12.5. The van der Waals surface area contributed by atoms with Gasteiger partial charge in [-0.1, -0.05) is 6.07 Å². The van der Waals surface area contributed by atoms with Crippen molar-refractivity contribution in [1.29, 1.82) is 0 Å². The summed E-state index contributed by atoms with van der Waals surface area (Å²) in [7, 11) is 0. The molecule has 0 aliphatic carbocycles. The molecular formula is C17H16N4O2. The summed E-state index contributed by atoms with van der Waals surface area (Å²) in [5, 5.41) is 0. The highest BCUT2D eigenvalue weighted by atomic mass is 16.3. The first-order chi connectivity index (χ1) is 11.3. The quantitative estimate of drug-likeness (QED) is 0.801. The van der Waals surface area contributed by atoms with Gasteiger partial charge in [0.05, 0.1) is 12.0 Å². The number of hydrogen-bond acceptors (Lipinski definition) is 5. The van der Waals surface area contributed by atoms with Gasteiger partial charge in [-0.3, -0.25) is 14.7 Å². The highest BCUT2D eigenvalue weighted by molar-refractivity contribution is 5.46. The molecule has 3 aromatic rings. The van der Waals surface area contributed by atoms with Crippen molar-refractivity contribution in [1.82, 2.24) is 19.9 Å². The van der Waals surface area contributed by atoms with Crippen molar-refractivity contribution in [3.05, 3.63) is 70.1 Å². The second-order valence-corrected chi connectivity index (χ2v) is 5.64. The predicted molar refractivity (Wildman–Crippen MR) is 84.6 cm³/mol. The number of furan rings is 1. The molecule has 1 aliphatic heterocycles. The number of aromatic amines is 1. The van der Waals surface area contributed by atoms with Crippen LogP contribution in [0.3, 0.4) is 0 Å². The van der Waals surface area contributed by atoms with E-state index in [-0.39, 0.29) is 5.56 Å². The van der Waals surface area contributed by atoms with Gasteiger partial charge in [-0.25, -0.2) is 4.98 Å². The van der Waals surface area contributed by atoms with Gasteiger partial charge in [-0.2, -0.15) is 0 Å². The summed E-state index contributed by atoms with van der Waals surface area (Å²) in [4.78, 5) is 26.1. The third-order valence-corrected chi connectivity index (χ3v) is 4.04. The first kappa shape index (κ1) is 13.9. The van der Waals surface area contributed by atoms with Crippen LogP contribution in [0.5, 0.6) is 0 Å². The molecule has 0 atom stereocenters. The largest absolute Gasteiger partial charge is 0.461 e. The maximum absolute atomic E-state index is 12.3. The lowest BCUT2D eigenvalue weighted by atomic mass is 10.1. The Hall–Kier alpha value is -2.73. The third-order valence-electron chi connectivity index (χ3n) is 4.04. The first-order valence-electron chi connectivity index (χ1n) is 7.57. The molecule has 4 heterocycles. The smallest absolute Gasteiger partial charge is 0.254 e. The molecule has 6 heteroatoms. The van der Waals surface area contributed by atoms with Gasteiger partial charge in [0.2, 0.25) is 0 Å². The van der Waals surface area contributed by atoms with E-state index in [0.29, 0.717) is 24.6 Å². The minimum atomic E-state index is -0.0672. The standard InChI is InChI=1S/C17H16N4O2/c22-17-13-5-7-21(10-12-3-1-6-18-9-12)11-14(13)19-16(20-17)15-4-2-8-23-15/h1-4,6,8-9H,5,7,10-11H2,(H,19,20,22). The number of H-pyrrole nitrogens is 1. The second-order valence-electron chi connectivity index (χ2n) is 5.64. The maximum atomic E-state index is 12.3. The van der Waals surface area contributed by atoms with E-state index in [0.717, 1.165) is 29.9 Å². The molecule has 4 rings (SSSR count). The van der Waals surface area contributed by atoms with E-state index in [1.54, 1.807) is 24.6 Å². The van der Waals surface area contributed by atoms with Crippen LogP contribution in [0.2, 0.25) is 0 Å². The van der Waals surface area contributed by atoms with Crippen molar-refractivity contribution < 1.29 is 4.42 Å². The summed E-state index contributed by atoms with van der Waals surface area (Å²) in [6.07, 6.45) is 5.92. The number of rotatable bonds is 3. The van der Waals surface area contributed by atoms with Crippen LogP contribution in [-0.2, 0) is 19.5 Å². The van der Waals surface area contributed by atoms with Crippen LogP contribution in [0.25, 0.3) is 11.6 Å². The molecule has 0 saturated heterocycles. The zero-order chi connectivity index (χ0) is 15.6. The van der Waals surface area contributed by atoms with Crippen LogP contribution in [0.4, 0.5) is 0 Å². The van der Waals surface area contributed by atoms with E-state index in [2.05, 4.69) is 25.9 Å². The predicted octanol–water partition coefficient (Wildman–Crippen LogP) is 1.98. The number of pyridine rings is 1. The monoisotopic (exact) mass is 308 g/mol. The molecule has 1 N–H and O–H groups in total. The van der Waals surface area contributed by atoms with Crippen molar-refractivity contribution in [3.63, 3.8) is 0 Å². The lowest BCUT2D eigenvalue weighted by Gasteiger charge is -2.27. The molecule has 6 nitrogen and oxygen atoms in total. The van der Waals surface area contributed by atoms with Crippen molar-refractivity contribution >= 4 is 0 Å². The molecule has 1 aliphatic rings. The maximum Gasteiger partial charge on any atom is 0.254 e. The van der Waals surface area contributed by atoms with Crippen LogP contribution in [0, 0.1) is 0 Å². The fraction of sp³-hybridized carbons (Fsp3) is 0.235. The summed E-state index contributed by atoms with van der Waals surface area (Å²) in [5.74, 6) is 1.07. The van der Waals surface area contributed by atoms with E-state index in [4.69, 9.17) is 4.42 Å². The van der Waals surface area contributed by atoms with Crippen LogP contribution < -0.4 is 5.56 Å². The van der Waals surface area contributed by atoms with Gasteiger partial charge in [0.1, 0.15) is 0 Å². The van der Waals surface area contributed by atoms with Crippen molar-refractivity contribution in [2.75, 3.05) is 6.54 Å². The summed E-state index contributed by atoms with van der Waals surface area (Å²) < 4.78 is 5.33. The molecular weight excluding hydrogens is 292 g/mol. The van der Waals surface area contributed by atoms with E-state index in [1.165, 1.54) is 0 Å². The molecule has 0 unspecified atom stereocenters. The lowest BCUT2D eigenvalue weighted by Crippen LogP contribution is -2.35. The SMILES string of the molecule is O=c1[nH]c(-c2ccco2)nc2c1CCN(Cc1cccnc1)C2. The number of fused-ring (bicyclic) bond motifs is 1. The second kappa shape index (κ2) is 5.81. The Morgan fingerprint density at radius 2 is 2.26 bits per heavy atom. The summed E-state index contributed by atoms with van der Waals surface area (Å²) >= 11 is 0. The zero-order valence-corrected chi connectivity index (χ0v) is 12.5. The van der Waals surface area contributed by atoms with Crippen molar-refractivity contribution in [2.24, 2.45) is 0 Å². The Bertz CT molecular complexity index is 856. The summed E-state index contributed by atoms with van der Waals surface area (Å²) in [5.41, 5.74) is 2.70. The molecule has 0 radical (unpaired) electrons. The Balaban J connectivity index is 1.62. The van der Waals surface area contributed by atoms with E-state index < -0.39 is 0 Å². The molecule has 0 saturated carbocycles. The van der Waals surface area contributed by atoms with Gasteiger partial charge in [-0.15, -0.1) is 0 Å². The number of aromatic nitrogens is 3. The van der Waals surface area contributed by atoms with E-state index >= 15 is 0 Å². The lowest BCUT2D eigenvalue weighted by molar-refractivity contribution is 0.240. The number of nitrogens with one attached hydrogen (secondary N) is 1. The average molecular weight is 308 g/mol. The third kappa shape index (κ3) is 2.80. The van der Waals surface area contributed by atoms with Crippen molar-refractivity contribution in [3.8, 4) is 11.6 Å². The molecule has 116 valence electrons. The van der Waals surface area contributed by atoms with Crippen LogP contribution >= 0.6 is 0 Å². The minimum absolute atomic E-state index is 0.0672. The average Bonchev–Trinajstić information content (AvgIpc) is 3.10. The molecule has 3 aromatic heterocycles. The first-order valence-corrected chi connectivity index (χ1v) is 7.57. The van der Waals surface area contributed by atoms with Crippen molar-refractivity contribution in [2.45, 2.75) is 19.5 Å². The molecule has 0 spiro atoms. The molecule has 0 fully saturated rings. The molecule has 0 amide bonds. The van der Waals surface area contributed by atoms with Gasteiger partial charge in [0, 0.05) is 37.6 Å². The fourth-order valence-corrected chi connectivity index (χ4v) is 2.91. The van der Waals surface area contributed by atoms with Gasteiger partial charge in [-0.05, 0) is 30.2 Å². The van der Waals surface area contributed by atoms with Crippen LogP contribution in [-0.4, -0.2) is 26.4 Å². The van der Waals surface area contributed by atoms with E-state index in [1.807, 2.05) is 12.3 Å². The Kier molecular flexibility index (Phi) is 3.51. The Morgan fingerprint density at radius 1 is 1.30 bits per heavy atom. The molecule has 23 heavy (non-hydrogen) atoms. The minimum Gasteiger partial charge on any atom is -0.461 e. The Morgan fingerprint density at radius 3 is 3.04 bits per heavy atom. The number of nitrogens with zero attached hydrogens (tertiary/aromatic N) is 3. The van der Waals surface area contributed by atoms with Gasteiger partial charge >= 0.3 is 0 Å². The molecule has 0 aromatic carbocycles. The fourth-order valence-electron chi connectivity index (χ4n) is 2.91. The Labute approximate surface area is 132 Å². The topological polar surface area (TPSA) is 75.0 Å². The highest BCUT2D eigenvalue weighted by Gasteiger charge is 2.22. The van der Waals surface area contributed by atoms with Gasteiger partial charge in [0.25, 0.3) is 5.56 Å². The van der Waals surface area contributed by atoms with E-state index in [9.17, 15) is 4.79 Å². The normalized spacial score (nSPS) is 14.6.